The molecule has 0 spiro atoms. The van der Waals surface area contributed by atoms with Crippen molar-refractivity contribution in [2.75, 3.05) is 0 Å². The Bertz CT molecular complexity index is 42.4. The molecule has 0 bridgehead atoms. The summed E-state index contributed by atoms with van der Waals surface area (Å²) in [7, 11) is 0. The molecule has 0 aliphatic carbocycles. The van der Waals surface area contributed by atoms with Gasteiger partial charge in [-0.2, -0.15) is 25.7 Å². The Labute approximate surface area is 169 Å². The number of hydrogen-bond donors (Lipinski definition) is 0. The van der Waals surface area contributed by atoms with E-state index in [9.17, 15) is 0 Å². The molecule has 4 heteroatoms. The molecule has 0 aromatic carbocycles. The SMILES string of the molecule is [Br][Au].[Br][Au].[CH2-]CCC.[CH2-]CCC.[CH2-]CCC.[CH2-]CCC. The molecule has 0 aliphatic rings. The number of rotatable bonds is 4. The zero-order valence-electron chi connectivity index (χ0n) is 13.8. The topological polar surface area (TPSA) is 0 Å². The molecule has 0 aliphatic heterocycles. The molecule has 0 saturated carbocycles. The van der Waals surface area contributed by atoms with Crippen molar-refractivity contribution >= 4 is 26.0 Å². The van der Waals surface area contributed by atoms with E-state index in [0.717, 1.165) is 25.7 Å². The van der Waals surface area contributed by atoms with E-state index in [-0.39, 0.29) is 0 Å². The van der Waals surface area contributed by atoms with Crippen LogP contribution < -0.4 is 0 Å². The zero-order valence-corrected chi connectivity index (χ0v) is 21.3. The van der Waals surface area contributed by atoms with Crippen LogP contribution in [0.2, 0.25) is 0 Å². The molecular weight excluding hydrogens is 746 g/mol. The van der Waals surface area contributed by atoms with E-state index in [1.165, 1.54) is 25.7 Å². The fraction of sp³-hybridized carbons (Fsp3) is 0.750. The normalized spacial score (nSPS) is 6.70. The summed E-state index contributed by atoms with van der Waals surface area (Å²) in [5.74, 6) is 0. The molecule has 0 fully saturated rings. The summed E-state index contributed by atoms with van der Waals surface area (Å²) >= 11 is 9.94. The van der Waals surface area contributed by atoms with E-state index in [1.54, 1.807) is 0 Å². The number of unbranched alkanes of at least 4 members (excludes halogenated alkanes) is 4. The molecular formula is C16H36Au2Br2-4. The van der Waals surface area contributed by atoms with Crippen LogP contribution in [0.4, 0.5) is 0 Å². The van der Waals surface area contributed by atoms with E-state index >= 15 is 0 Å². The largest absolute Gasteiger partial charge is 0.343 e. The Morgan fingerprint density at radius 1 is 0.500 bits per heavy atom. The van der Waals surface area contributed by atoms with Crippen molar-refractivity contribution in [2.24, 2.45) is 0 Å². The first-order valence-electron chi connectivity index (χ1n) is 7.06. The first-order valence-corrected chi connectivity index (χ1v) is 16.5. The molecule has 140 valence electrons. The van der Waals surface area contributed by atoms with E-state index < -0.39 is 0 Å². The van der Waals surface area contributed by atoms with E-state index in [4.69, 9.17) is 0 Å². The smallest absolute Gasteiger partial charge is 0.0678 e. The molecule has 0 nitrogen and oxygen atoms in total. The van der Waals surface area contributed by atoms with Gasteiger partial charge in [-0.15, -0.1) is 0 Å². The maximum absolute atomic E-state index is 3.60. The number of hydrogen-bond acceptors (Lipinski definition) is 0. The first-order chi connectivity index (χ1) is 9.66. The molecule has 0 atom stereocenters. The maximum atomic E-state index is 3.60. The van der Waals surface area contributed by atoms with Gasteiger partial charge in [0, 0.05) is 0 Å². The molecule has 0 aromatic rings. The van der Waals surface area contributed by atoms with Crippen LogP contribution in [0.3, 0.4) is 0 Å². The van der Waals surface area contributed by atoms with Crippen molar-refractivity contribution in [1.82, 2.24) is 0 Å². The van der Waals surface area contributed by atoms with E-state index in [0.29, 0.717) is 0 Å². The molecule has 0 amide bonds. The Kier molecular flexibility index (Phi) is 157. The standard InChI is InChI=1S/4C4H9.2Au.2BrH/c4*1-3-4-2;;;;/h4*1,3-4H2,2H3;;;2*1H/q4*-1;2*+1;;/p-2. The second-order valence-corrected chi connectivity index (χ2v) is 3.41. The summed E-state index contributed by atoms with van der Waals surface area (Å²) in [4.78, 5) is 0. The molecule has 0 unspecified atom stereocenters. The Morgan fingerprint density at radius 2 is 0.550 bits per heavy atom. The minimum absolute atomic E-state index is 1.07. The summed E-state index contributed by atoms with van der Waals surface area (Å²) in [6.45, 7) is 22.9. The predicted molar refractivity (Wildman–Crippen MR) is 98.9 cm³/mol. The minimum Gasteiger partial charge on any atom is -0.343 e. The molecule has 0 radical (unpaired) electrons. The Balaban J connectivity index is -0.0000000301. The van der Waals surface area contributed by atoms with Gasteiger partial charge < -0.3 is 27.7 Å². The monoisotopic (exact) mass is 780 g/mol. The van der Waals surface area contributed by atoms with Gasteiger partial charge in [-0.1, -0.05) is 53.4 Å². The average Bonchev–Trinajstić information content (AvgIpc) is 2.58. The molecule has 0 aromatic heterocycles. The molecule has 0 N–H and O–H groups in total. The third-order valence-corrected chi connectivity index (χ3v) is 1.41. The second kappa shape index (κ2) is 82.2. The molecule has 0 heterocycles. The average molecular weight is 782 g/mol. The predicted octanol–water partition coefficient (Wildman–Crippen LogP) is 8.17. The molecule has 20 heavy (non-hydrogen) atoms. The second-order valence-electron chi connectivity index (χ2n) is 3.41. The van der Waals surface area contributed by atoms with Crippen LogP contribution in [0, 0.1) is 27.7 Å². The van der Waals surface area contributed by atoms with Gasteiger partial charge in [0.2, 0.25) is 0 Å². The van der Waals surface area contributed by atoms with Crippen molar-refractivity contribution in [3.63, 3.8) is 0 Å². The van der Waals surface area contributed by atoms with Gasteiger partial charge >= 0.3 is 63.9 Å². The molecule has 0 rings (SSSR count). The van der Waals surface area contributed by atoms with Crippen LogP contribution in [0.15, 0.2) is 0 Å². The Hall–Kier alpha value is 2.44. The first kappa shape index (κ1) is 38.2. The van der Waals surface area contributed by atoms with Gasteiger partial charge in [0.15, 0.2) is 0 Å². The van der Waals surface area contributed by atoms with Crippen molar-refractivity contribution in [3.8, 4) is 0 Å². The maximum Gasteiger partial charge on any atom is -0.0678 e. The van der Waals surface area contributed by atoms with Crippen molar-refractivity contribution in [1.29, 1.82) is 0 Å². The zero-order chi connectivity index (χ0) is 17.7. The quantitative estimate of drug-likeness (QED) is 0.200. The molecule has 0 saturated heterocycles. The summed E-state index contributed by atoms with van der Waals surface area (Å²) in [6.07, 6.45) is 9.11. The van der Waals surface area contributed by atoms with Crippen molar-refractivity contribution in [2.45, 2.75) is 79.1 Å². The van der Waals surface area contributed by atoms with Gasteiger partial charge in [0.05, 0.1) is 0 Å². The fourth-order valence-electron chi connectivity index (χ4n) is 0. The van der Waals surface area contributed by atoms with Gasteiger partial charge in [0.25, 0.3) is 0 Å². The third-order valence-electron chi connectivity index (χ3n) is 1.41. The summed E-state index contributed by atoms with van der Waals surface area (Å²) in [5.41, 5.74) is 0. The van der Waals surface area contributed by atoms with E-state index in [2.05, 4.69) is 119 Å². The van der Waals surface area contributed by atoms with Crippen LogP contribution in [0.25, 0.3) is 0 Å². The summed E-state index contributed by atoms with van der Waals surface area (Å²) < 4.78 is 0. The fourth-order valence-corrected chi connectivity index (χ4v) is 0. The minimum atomic E-state index is 1.07. The summed E-state index contributed by atoms with van der Waals surface area (Å²) in [5, 5.41) is 0. The van der Waals surface area contributed by atoms with Gasteiger partial charge in [0.1, 0.15) is 0 Å². The van der Waals surface area contributed by atoms with Gasteiger partial charge in [-0.05, 0) is 0 Å². The van der Waals surface area contributed by atoms with Crippen LogP contribution in [0.1, 0.15) is 79.1 Å². The van der Waals surface area contributed by atoms with Crippen molar-refractivity contribution < 1.29 is 37.9 Å². The van der Waals surface area contributed by atoms with Crippen LogP contribution >= 0.6 is 26.0 Å². The third kappa shape index (κ3) is 186. The summed E-state index contributed by atoms with van der Waals surface area (Å²) in [6, 6.07) is 0. The van der Waals surface area contributed by atoms with Gasteiger partial charge in [-0.3, -0.25) is 0 Å². The van der Waals surface area contributed by atoms with Crippen LogP contribution in [-0.2, 0) is 37.9 Å². The van der Waals surface area contributed by atoms with Crippen molar-refractivity contribution in [3.05, 3.63) is 27.7 Å². The number of halogens is 2. The Morgan fingerprint density at radius 3 is 0.550 bits per heavy atom. The van der Waals surface area contributed by atoms with Gasteiger partial charge in [-0.25, -0.2) is 0 Å². The van der Waals surface area contributed by atoms with Crippen LogP contribution in [0.5, 0.6) is 0 Å². The van der Waals surface area contributed by atoms with Crippen LogP contribution in [-0.4, -0.2) is 0 Å². The van der Waals surface area contributed by atoms with E-state index in [1.807, 2.05) is 0 Å².